The van der Waals surface area contributed by atoms with Gasteiger partial charge in [0.25, 0.3) is 0 Å². The van der Waals surface area contributed by atoms with E-state index in [-0.39, 0.29) is 11.8 Å². The molecule has 1 heterocycles. The Kier molecular flexibility index (Phi) is 3.97. The predicted octanol–water partition coefficient (Wildman–Crippen LogP) is 2.64. The molecule has 1 aliphatic rings. The SMILES string of the molecule is CC(C)(C)OC(=O)Nc1ccccc1C1CNC(=O)C1. The molecule has 1 fully saturated rings. The molecule has 0 radical (unpaired) electrons. The van der Waals surface area contributed by atoms with Crippen molar-refractivity contribution >= 4 is 17.7 Å². The van der Waals surface area contributed by atoms with Crippen molar-refractivity contribution in [2.45, 2.75) is 38.7 Å². The average molecular weight is 276 g/mol. The van der Waals surface area contributed by atoms with Crippen LogP contribution in [0.15, 0.2) is 24.3 Å². The van der Waals surface area contributed by atoms with Crippen LogP contribution >= 0.6 is 0 Å². The van der Waals surface area contributed by atoms with Crippen LogP contribution in [0.2, 0.25) is 0 Å². The van der Waals surface area contributed by atoms with Crippen molar-refractivity contribution in [3.8, 4) is 0 Å². The van der Waals surface area contributed by atoms with Gasteiger partial charge in [0.1, 0.15) is 5.60 Å². The topological polar surface area (TPSA) is 67.4 Å². The molecule has 1 aliphatic heterocycles. The van der Waals surface area contributed by atoms with E-state index >= 15 is 0 Å². The van der Waals surface area contributed by atoms with Crippen molar-refractivity contribution in [3.63, 3.8) is 0 Å². The van der Waals surface area contributed by atoms with E-state index < -0.39 is 11.7 Å². The molecule has 1 aromatic carbocycles. The van der Waals surface area contributed by atoms with Crippen LogP contribution in [0, 0.1) is 0 Å². The third-order valence-corrected chi connectivity index (χ3v) is 3.01. The fraction of sp³-hybridized carbons (Fsp3) is 0.467. The molecule has 0 aromatic heterocycles. The summed E-state index contributed by atoms with van der Waals surface area (Å²) in [5.74, 6) is 0.135. The maximum atomic E-state index is 11.8. The molecular weight excluding hydrogens is 256 g/mol. The van der Waals surface area contributed by atoms with Crippen molar-refractivity contribution < 1.29 is 14.3 Å². The zero-order chi connectivity index (χ0) is 14.8. The van der Waals surface area contributed by atoms with Gasteiger partial charge in [-0.05, 0) is 32.4 Å². The Hall–Kier alpha value is -2.04. The molecule has 2 rings (SSSR count). The zero-order valence-electron chi connectivity index (χ0n) is 12.0. The lowest BCUT2D eigenvalue weighted by Crippen LogP contribution is -2.27. The number of hydrogen-bond donors (Lipinski definition) is 2. The number of amides is 2. The van der Waals surface area contributed by atoms with E-state index in [9.17, 15) is 9.59 Å². The van der Waals surface area contributed by atoms with Crippen molar-refractivity contribution in [3.05, 3.63) is 29.8 Å². The van der Waals surface area contributed by atoms with Crippen molar-refractivity contribution in [2.24, 2.45) is 0 Å². The number of hydrogen-bond acceptors (Lipinski definition) is 3. The first kappa shape index (κ1) is 14.4. The fourth-order valence-corrected chi connectivity index (χ4v) is 2.21. The van der Waals surface area contributed by atoms with Gasteiger partial charge in [-0.3, -0.25) is 10.1 Å². The van der Waals surface area contributed by atoms with E-state index in [1.807, 2.05) is 45.0 Å². The lowest BCUT2D eigenvalue weighted by molar-refractivity contribution is -0.119. The van der Waals surface area contributed by atoms with Gasteiger partial charge in [0.05, 0.1) is 0 Å². The Balaban J connectivity index is 2.12. The van der Waals surface area contributed by atoms with Gasteiger partial charge < -0.3 is 10.1 Å². The van der Waals surface area contributed by atoms with Crippen LogP contribution in [-0.4, -0.2) is 24.1 Å². The molecular formula is C15H20N2O3. The summed E-state index contributed by atoms with van der Waals surface area (Å²) in [7, 11) is 0. The van der Waals surface area contributed by atoms with Gasteiger partial charge in [0.15, 0.2) is 0 Å². The highest BCUT2D eigenvalue weighted by molar-refractivity contribution is 5.87. The van der Waals surface area contributed by atoms with Crippen LogP contribution in [0.3, 0.4) is 0 Å². The van der Waals surface area contributed by atoms with E-state index in [0.29, 0.717) is 18.7 Å². The smallest absolute Gasteiger partial charge is 0.412 e. The van der Waals surface area contributed by atoms with E-state index in [4.69, 9.17) is 4.74 Å². The third-order valence-electron chi connectivity index (χ3n) is 3.01. The summed E-state index contributed by atoms with van der Waals surface area (Å²) in [5.41, 5.74) is 1.11. The van der Waals surface area contributed by atoms with Crippen molar-refractivity contribution in [1.29, 1.82) is 0 Å². The highest BCUT2D eigenvalue weighted by atomic mass is 16.6. The Morgan fingerprint density at radius 2 is 2.05 bits per heavy atom. The van der Waals surface area contributed by atoms with Crippen molar-refractivity contribution in [1.82, 2.24) is 5.32 Å². The highest BCUT2D eigenvalue weighted by Crippen LogP contribution is 2.29. The molecule has 1 saturated heterocycles. The summed E-state index contributed by atoms with van der Waals surface area (Å²) in [5, 5.41) is 5.56. The Bertz CT molecular complexity index is 520. The summed E-state index contributed by atoms with van der Waals surface area (Å²) in [6.45, 7) is 6.06. The Labute approximate surface area is 118 Å². The molecule has 20 heavy (non-hydrogen) atoms. The van der Waals surface area contributed by atoms with Crippen LogP contribution in [0.25, 0.3) is 0 Å². The summed E-state index contributed by atoms with van der Waals surface area (Å²) in [6, 6.07) is 7.50. The summed E-state index contributed by atoms with van der Waals surface area (Å²) in [4.78, 5) is 23.2. The standard InChI is InChI=1S/C15H20N2O3/c1-15(2,3)20-14(19)17-12-7-5-4-6-11(12)10-8-13(18)16-9-10/h4-7,10H,8-9H2,1-3H3,(H,16,18)(H,17,19). The summed E-state index contributed by atoms with van der Waals surface area (Å²) >= 11 is 0. The minimum absolute atomic E-state index is 0.0436. The number of carbonyl (C=O) groups is 2. The molecule has 108 valence electrons. The van der Waals surface area contributed by atoms with Crippen molar-refractivity contribution in [2.75, 3.05) is 11.9 Å². The highest BCUT2D eigenvalue weighted by Gasteiger charge is 2.26. The van der Waals surface area contributed by atoms with Gasteiger partial charge in [-0.15, -0.1) is 0 Å². The third kappa shape index (κ3) is 3.73. The minimum atomic E-state index is -0.538. The normalized spacial score (nSPS) is 18.6. The average Bonchev–Trinajstić information content (AvgIpc) is 2.74. The second kappa shape index (κ2) is 5.53. The number of anilines is 1. The first-order chi connectivity index (χ1) is 9.35. The molecule has 0 saturated carbocycles. The van der Waals surface area contributed by atoms with Crippen LogP contribution in [0.1, 0.15) is 38.7 Å². The van der Waals surface area contributed by atoms with E-state index in [0.717, 1.165) is 5.56 Å². The molecule has 1 unspecified atom stereocenters. The first-order valence-electron chi connectivity index (χ1n) is 6.71. The van der Waals surface area contributed by atoms with E-state index in [1.165, 1.54) is 0 Å². The molecule has 5 nitrogen and oxygen atoms in total. The zero-order valence-corrected chi connectivity index (χ0v) is 12.0. The Morgan fingerprint density at radius 1 is 1.35 bits per heavy atom. The van der Waals surface area contributed by atoms with Gasteiger partial charge in [0, 0.05) is 24.6 Å². The minimum Gasteiger partial charge on any atom is -0.444 e. The number of para-hydroxylation sites is 1. The maximum absolute atomic E-state index is 11.8. The second-order valence-corrected chi connectivity index (χ2v) is 5.92. The summed E-state index contributed by atoms with van der Waals surface area (Å²) < 4.78 is 5.25. The lowest BCUT2D eigenvalue weighted by atomic mass is 9.96. The Morgan fingerprint density at radius 3 is 2.65 bits per heavy atom. The molecule has 1 aromatic rings. The van der Waals surface area contributed by atoms with Gasteiger partial charge >= 0.3 is 6.09 Å². The quantitative estimate of drug-likeness (QED) is 0.872. The van der Waals surface area contributed by atoms with Crippen LogP contribution < -0.4 is 10.6 Å². The number of ether oxygens (including phenoxy) is 1. The number of benzene rings is 1. The molecule has 2 N–H and O–H groups in total. The van der Waals surface area contributed by atoms with Gasteiger partial charge in [0.2, 0.25) is 5.91 Å². The molecule has 2 amide bonds. The summed E-state index contributed by atoms with van der Waals surface area (Å²) in [6.07, 6.45) is -0.0326. The van der Waals surface area contributed by atoms with E-state index in [1.54, 1.807) is 0 Å². The molecule has 1 atom stereocenters. The number of carbonyl (C=O) groups excluding carboxylic acids is 2. The monoisotopic (exact) mass is 276 g/mol. The molecule has 0 spiro atoms. The molecule has 5 heteroatoms. The van der Waals surface area contributed by atoms with Gasteiger partial charge in [-0.2, -0.15) is 0 Å². The van der Waals surface area contributed by atoms with Gasteiger partial charge in [-0.1, -0.05) is 18.2 Å². The lowest BCUT2D eigenvalue weighted by Gasteiger charge is -2.21. The molecule has 0 bridgehead atoms. The molecule has 0 aliphatic carbocycles. The van der Waals surface area contributed by atoms with Gasteiger partial charge in [-0.25, -0.2) is 4.79 Å². The number of nitrogens with one attached hydrogen (secondary N) is 2. The fourth-order valence-electron chi connectivity index (χ4n) is 2.21. The number of rotatable bonds is 2. The van der Waals surface area contributed by atoms with Crippen LogP contribution in [0.4, 0.5) is 10.5 Å². The van der Waals surface area contributed by atoms with Crippen LogP contribution in [0.5, 0.6) is 0 Å². The largest absolute Gasteiger partial charge is 0.444 e. The second-order valence-electron chi connectivity index (χ2n) is 5.92. The first-order valence-corrected chi connectivity index (χ1v) is 6.71. The predicted molar refractivity (Wildman–Crippen MR) is 76.7 cm³/mol. The van der Waals surface area contributed by atoms with E-state index in [2.05, 4.69) is 10.6 Å². The maximum Gasteiger partial charge on any atom is 0.412 e. The van der Waals surface area contributed by atoms with Crippen LogP contribution in [-0.2, 0) is 9.53 Å².